The number of piperidine rings is 2. The van der Waals surface area contributed by atoms with E-state index in [2.05, 4.69) is 21.9 Å². The van der Waals surface area contributed by atoms with Crippen LogP contribution in [0.3, 0.4) is 0 Å². The molecule has 146 valence electrons. The molecule has 2 aliphatic heterocycles. The van der Waals surface area contributed by atoms with Gasteiger partial charge in [0.2, 0.25) is 0 Å². The van der Waals surface area contributed by atoms with Crippen LogP contribution in [0.1, 0.15) is 38.2 Å². The molecule has 0 aromatic heterocycles. The van der Waals surface area contributed by atoms with Crippen molar-refractivity contribution in [2.24, 2.45) is 5.92 Å². The normalized spacial score (nSPS) is 23.1. The zero-order valence-corrected chi connectivity index (χ0v) is 16.3. The third kappa shape index (κ3) is 4.90. The maximum atomic E-state index is 9.35. The molecule has 2 aliphatic rings. The SMILES string of the molecule is CCOc1cc(CN2CCC[C@@H](N3CCC(CO)CC3)C2)ccc1OC. The molecule has 1 atom stereocenters. The molecular weight excluding hydrogens is 328 g/mol. The Bertz CT molecular complexity index is 558. The molecule has 1 aromatic carbocycles. The summed E-state index contributed by atoms with van der Waals surface area (Å²) < 4.78 is 11.1. The van der Waals surface area contributed by atoms with Gasteiger partial charge in [0.25, 0.3) is 0 Å². The number of hydrogen-bond donors (Lipinski definition) is 1. The quantitative estimate of drug-likeness (QED) is 0.808. The lowest BCUT2D eigenvalue weighted by Gasteiger charge is -2.42. The van der Waals surface area contributed by atoms with E-state index in [4.69, 9.17) is 9.47 Å². The summed E-state index contributed by atoms with van der Waals surface area (Å²) in [5.41, 5.74) is 1.29. The molecule has 5 nitrogen and oxygen atoms in total. The minimum absolute atomic E-state index is 0.351. The van der Waals surface area contributed by atoms with Gasteiger partial charge in [-0.05, 0) is 75.9 Å². The summed E-state index contributed by atoms with van der Waals surface area (Å²) in [6.07, 6.45) is 4.85. The molecule has 2 saturated heterocycles. The topological polar surface area (TPSA) is 45.2 Å². The standard InChI is InChI=1S/C21H34N2O3/c1-3-26-21-13-18(6-7-20(21)25-2)14-22-10-4-5-19(15-22)23-11-8-17(16-24)9-12-23/h6-7,13,17,19,24H,3-5,8-12,14-16H2,1-2H3/t19-/m1/s1. The minimum Gasteiger partial charge on any atom is -0.493 e. The summed E-state index contributed by atoms with van der Waals surface area (Å²) in [5.74, 6) is 2.16. The van der Waals surface area contributed by atoms with Crippen molar-refractivity contribution in [2.45, 2.75) is 45.2 Å². The van der Waals surface area contributed by atoms with E-state index >= 15 is 0 Å². The molecule has 0 amide bonds. The molecule has 2 fully saturated rings. The van der Waals surface area contributed by atoms with E-state index in [1.54, 1.807) is 7.11 Å². The third-order valence-electron chi connectivity index (χ3n) is 5.84. The molecule has 0 unspecified atom stereocenters. The molecule has 1 aromatic rings. The van der Waals surface area contributed by atoms with Gasteiger partial charge in [-0.3, -0.25) is 9.80 Å². The molecule has 0 spiro atoms. The largest absolute Gasteiger partial charge is 0.493 e. The third-order valence-corrected chi connectivity index (χ3v) is 5.84. The van der Waals surface area contributed by atoms with Crippen LogP contribution in [0.15, 0.2) is 18.2 Å². The van der Waals surface area contributed by atoms with Gasteiger partial charge in [0.15, 0.2) is 11.5 Å². The Kier molecular flexibility index (Phi) is 7.17. The highest BCUT2D eigenvalue weighted by Crippen LogP contribution is 2.29. The van der Waals surface area contributed by atoms with E-state index in [1.165, 1.54) is 24.9 Å². The number of rotatable bonds is 7. The summed E-state index contributed by atoms with van der Waals surface area (Å²) in [6.45, 7) is 8.55. The maximum Gasteiger partial charge on any atom is 0.161 e. The van der Waals surface area contributed by atoms with E-state index < -0.39 is 0 Å². The molecular formula is C21H34N2O3. The Morgan fingerprint density at radius 3 is 2.62 bits per heavy atom. The van der Waals surface area contributed by atoms with Gasteiger partial charge in [0.05, 0.1) is 13.7 Å². The Hall–Kier alpha value is -1.30. The molecule has 26 heavy (non-hydrogen) atoms. The van der Waals surface area contributed by atoms with Gasteiger partial charge >= 0.3 is 0 Å². The lowest BCUT2D eigenvalue weighted by molar-refractivity contribution is 0.0543. The second kappa shape index (κ2) is 9.58. The van der Waals surface area contributed by atoms with Crippen molar-refractivity contribution in [3.63, 3.8) is 0 Å². The van der Waals surface area contributed by atoms with Crippen molar-refractivity contribution in [3.8, 4) is 11.5 Å². The highest BCUT2D eigenvalue weighted by molar-refractivity contribution is 5.43. The molecule has 5 heteroatoms. The van der Waals surface area contributed by atoms with Crippen molar-refractivity contribution in [2.75, 3.05) is 46.5 Å². The Labute approximate surface area is 157 Å². The van der Waals surface area contributed by atoms with Crippen LogP contribution in [0.4, 0.5) is 0 Å². The van der Waals surface area contributed by atoms with Gasteiger partial charge in [-0.25, -0.2) is 0 Å². The number of likely N-dealkylation sites (tertiary alicyclic amines) is 2. The first kappa shape index (κ1) is 19.5. The van der Waals surface area contributed by atoms with Crippen molar-refractivity contribution in [3.05, 3.63) is 23.8 Å². The fraction of sp³-hybridized carbons (Fsp3) is 0.714. The monoisotopic (exact) mass is 362 g/mol. The maximum absolute atomic E-state index is 9.35. The van der Waals surface area contributed by atoms with Gasteiger partial charge in [-0.15, -0.1) is 0 Å². The summed E-state index contributed by atoms with van der Waals surface area (Å²) in [7, 11) is 1.69. The van der Waals surface area contributed by atoms with Gasteiger partial charge in [0.1, 0.15) is 0 Å². The molecule has 1 N–H and O–H groups in total. The second-order valence-corrected chi connectivity index (χ2v) is 7.61. The van der Waals surface area contributed by atoms with Gasteiger partial charge < -0.3 is 14.6 Å². The van der Waals surface area contributed by atoms with Crippen LogP contribution in [-0.4, -0.2) is 67.5 Å². The van der Waals surface area contributed by atoms with Crippen LogP contribution in [-0.2, 0) is 6.54 Å². The molecule has 0 radical (unpaired) electrons. The number of ether oxygens (including phenoxy) is 2. The van der Waals surface area contributed by atoms with Crippen LogP contribution in [0, 0.1) is 5.92 Å². The van der Waals surface area contributed by atoms with Crippen molar-refractivity contribution < 1.29 is 14.6 Å². The number of benzene rings is 1. The first-order chi connectivity index (χ1) is 12.7. The lowest BCUT2D eigenvalue weighted by atomic mass is 9.94. The lowest BCUT2D eigenvalue weighted by Crippen LogP contribution is -2.50. The summed E-state index contributed by atoms with van der Waals surface area (Å²) in [6, 6.07) is 6.95. The second-order valence-electron chi connectivity index (χ2n) is 7.61. The number of hydrogen-bond acceptors (Lipinski definition) is 5. The Morgan fingerprint density at radius 2 is 1.92 bits per heavy atom. The number of aliphatic hydroxyl groups is 1. The first-order valence-corrected chi connectivity index (χ1v) is 10.1. The molecule has 2 heterocycles. The highest BCUT2D eigenvalue weighted by atomic mass is 16.5. The molecule has 3 rings (SSSR count). The van der Waals surface area contributed by atoms with Crippen LogP contribution in [0.2, 0.25) is 0 Å². The molecule has 0 bridgehead atoms. The summed E-state index contributed by atoms with van der Waals surface area (Å²) >= 11 is 0. The average Bonchev–Trinajstić information content (AvgIpc) is 2.69. The van der Waals surface area contributed by atoms with Crippen molar-refractivity contribution in [1.82, 2.24) is 9.80 Å². The molecule has 0 saturated carbocycles. The summed E-state index contributed by atoms with van der Waals surface area (Å²) in [5, 5.41) is 9.35. The van der Waals surface area contributed by atoms with Crippen LogP contribution in [0.25, 0.3) is 0 Å². The van der Waals surface area contributed by atoms with Gasteiger partial charge in [-0.1, -0.05) is 6.07 Å². The Morgan fingerprint density at radius 1 is 1.12 bits per heavy atom. The predicted octanol–water partition coefficient (Wildman–Crippen LogP) is 2.76. The van der Waals surface area contributed by atoms with E-state index in [9.17, 15) is 5.11 Å². The van der Waals surface area contributed by atoms with Crippen LogP contribution >= 0.6 is 0 Å². The highest BCUT2D eigenvalue weighted by Gasteiger charge is 2.28. The van der Waals surface area contributed by atoms with Crippen molar-refractivity contribution in [1.29, 1.82) is 0 Å². The zero-order valence-electron chi connectivity index (χ0n) is 16.3. The zero-order chi connectivity index (χ0) is 18.4. The van der Waals surface area contributed by atoms with E-state index in [-0.39, 0.29) is 0 Å². The number of nitrogens with zero attached hydrogens (tertiary/aromatic N) is 2. The van der Waals surface area contributed by atoms with E-state index in [1.807, 2.05) is 13.0 Å². The number of methoxy groups -OCH3 is 1. The smallest absolute Gasteiger partial charge is 0.161 e. The van der Waals surface area contributed by atoms with Crippen molar-refractivity contribution >= 4 is 0 Å². The average molecular weight is 363 g/mol. The van der Waals surface area contributed by atoms with E-state index in [0.717, 1.165) is 50.5 Å². The van der Waals surface area contributed by atoms with Gasteiger partial charge in [0, 0.05) is 25.7 Å². The fourth-order valence-electron chi connectivity index (χ4n) is 4.32. The molecule has 0 aliphatic carbocycles. The van der Waals surface area contributed by atoms with E-state index in [0.29, 0.717) is 25.2 Å². The Balaban J connectivity index is 1.57. The number of aliphatic hydroxyl groups excluding tert-OH is 1. The predicted molar refractivity (Wildman–Crippen MR) is 104 cm³/mol. The van der Waals surface area contributed by atoms with Crippen LogP contribution in [0.5, 0.6) is 11.5 Å². The first-order valence-electron chi connectivity index (χ1n) is 10.1. The summed E-state index contributed by atoms with van der Waals surface area (Å²) in [4.78, 5) is 5.22. The minimum atomic E-state index is 0.351. The van der Waals surface area contributed by atoms with Crippen LogP contribution < -0.4 is 9.47 Å². The fourth-order valence-corrected chi connectivity index (χ4v) is 4.32. The van der Waals surface area contributed by atoms with Gasteiger partial charge in [-0.2, -0.15) is 0 Å².